The van der Waals surface area contributed by atoms with Crippen molar-refractivity contribution in [3.8, 4) is 11.3 Å². The van der Waals surface area contributed by atoms with Gasteiger partial charge in [0, 0.05) is 37.8 Å². The van der Waals surface area contributed by atoms with Gasteiger partial charge >= 0.3 is 0 Å². The highest BCUT2D eigenvalue weighted by molar-refractivity contribution is 6.43. The summed E-state index contributed by atoms with van der Waals surface area (Å²) < 4.78 is 1.23. The third-order valence-corrected chi connectivity index (χ3v) is 6.21. The number of carbonyl (C=O) groups is 1. The van der Waals surface area contributed by atoms with E-state index in [0.717, 1.165) is 16.8 Å². The molecule has 0 atom stereocenters. The third kappa shape index (κ3) is 4.75. The second-order valence-corrected chi connectivity index (χ2v) is 8.31. The summed E-state index contributed by atoms with van der Waals surface area (Å²) in [6, 6.07) is 16.6. The highest BCUT2D eigenvalue weighted by Gasteiger charge is 2.23. The van der Waals surface area contributed by atoms with Gasteiger partial charge in [0.15, 0.2) is 0 Å². The molecule has 4 rings (SSSR count). The smallest absolute Gasteiger partial charge is 0.267 e. The SMILES string of the molecule is Cc1ccc(-c2ccc(=O)n(CC(=O)N3CCN(c4cccc(Cl)c4Cl)CC3)n2)cc1. The van der Waals surface area contributed by atoms with Gasteiger partial charge in [-0.2, -0.15) is 5.10 Å². The maximum atomic E-state index is 12.8. The van der Waals surface area contributed by atoms with Gasteiger partial charge in [0.25, 0.3) is 5.56 Å². The molecule has 0 spiro atoms. The number of hydrogen-bond acceptors (Lipinski definition) is 4. The van der Waals surface area contributed by atoms with Gasteiger partial charge in [0.2, 0.25) is 5.91 Å². The minimum Gasteiger partial charge on any atom is -0.367 e. The molecule has 0 radical (unpaired) electrons. The maximum Gasteiger partial charge on any atom is 0.267 e. The van der Waals surface area contributed by atoms with Crippen LogP contribution in [0.25, 0.3) is 11.3 Å². The molecule has 2 aromatic carbocycles. The Morgan fingerprint density at radius 3 is 2.39 bits per heavy atom. The molecule has 0 unspecified atom stereocenters. The first-order valence-electron chi connectivity index (χ1n) is 10.0. The van der Waals surface area contributed by atoms with Crippen LogP contribution in [-0.2, 0) is 11.3 Å². The number of benzene rings is 2. The topological polar surface area (TPSA) is 58.4 Å². The van der Waals surface area contributed by atoms with Crippen LogP contribution < -0.4 is 10.5 Å². The number of carbonyl (C=O) groups excluding carboxylic acids is 1. The Labute approximate surface area is 190 Å². The number of rotatable bonds is 4. The number of halogens is 2. The van der Waals surface area contributed by atoms with Crippen molar-refractivity contribution in [3.63, 3.8) is 0 Å². The van der Waals surface area contributed by atoms with Gasteiger partial charge in [-0.3, -0.25) is 9.59 Å². The van der Waals surface area contributed by atoms with Gasteiger partial charge in [-0.05, 0) is 25.1 Å². The Balaban J connectivity index is 1.43. The zero-order chi connectivity index (χ0) is 22.0. The molecule has 0 aliphatic carbocycles. The summed E-state index contributed by atoms with van der Waals surface area (Å²) in [7, 11) is 0. The fourth-order valence-corrected chi connectivity index (χ4v) is 4.02. The van der Waals surface area contributed by atoms with Crippen LogP contribution in [0.1, 0.15) is 5.56 Å². The molecule has 2 heterocycles. The molecule has 1 aliphatic rings. The first-order valence-corrected chi connectivity index (χ1v) is 10.8. The van der Waals surface area contributed by atoms with Crippen molar-refractivity contribution in [1.29, 1.82) is 0 Å². The van der Waals surface area contributed by atoms with Crippen molar-refractivity contribution in [3.05, 3.63) is 80.6 Å². The lowest BCUT2D eigenvalue weighted by molar-refractivity contribution is -0.132. The number of aromatic nitrogens is 2. The summed E-state index contributed by atoms with van der Waals surface area (Å²) in [6.07, 6.45) is 0. The Kier molecular flexibility index (Phi) is 6.30. The van der Waals surface area contributed by atoms with E-state index in [1.165, 1.54) is 10.7 Å². The predicted octanol–water partition coefficient (Wildman–Crippen LogP) is 3.87. The maximum absolute atomic E-state index is 12.8. The Morgan fingerprint density at radius 2 is 1.68 bits per heavy atom. The minimum atomic E-state index is -0.298. The molecule has 1 aliphatic heterocycles. The highest BCUT2D eigenvalue weighted by atomic mass is 35.5. The van der Waals surface area contributed by atoms with E-state index in [-0.39, 0.29) is 18.0 Å². The predicted molar refractivity (Wildman–Crippen MR) is 124 cm³/mol. The lowest BCUT2D eigenvalue weighted by atomic mass is 10.1. The minimum absolute atomic E-state index is 0.0868. The van der Waals surface area contributed by atoms with Gasteiger partial charge in [-0.25, -0.2) is 4.68 Å². The molecule has 0 N–H and O–H groups in total. The first-order chi connectivity index (χ1) is 14.9. The standard InChI is InChI=1S/C23H22Cl2N4O2/c1-16-5-7-17(8-6-16)19-9-10-21(30)29(26-19)15-22(31)28-13-11-27(12-14-28)20-4-2-3-18(24)23(20)25/h2-10H,11-15H2,1H3. The second-order valence-electron chi connectivity index (χ2n) is 7.52. The van der Waals surface area contributed by atoms with Crippen LogP contribution in [0.3, 0.4) is 0 Å². The molecule has 8 heteroatoms. The van der Waals surface area contributed by atoms with Crippen LogP contribution in [-0.4, -0.2) is 46.8 Å². The summed E-state index contributed by atoms with van der Waals surface area (Å²) in [5.74, 6) is -0.132. The fraction of sp³-hybridized carbons (Fsp3) is 0.261. The average Bonchev–Trinajstić information content (AvgIpc) is 2.78. The fourth-order valence-electron chi connectivity index (χ4n) is 3.60. The number of aryl methyl sites for hydroxylation is 1. The summed E-state index contributed by atoms with van der Waals surface area (Å²) in [6.45, 7) is 4.27. The number of anilines is 1. The second kappa shape index (κ2) is 9.12. The molecule has 0 saturated carbocycles. The molecule has 1 amide bonds. The zero-order valence-corrected chi connectivity index (χ0v) is 18.6. The largest absolute Gasteiger partial charge is 0.367 e. The van der Waals surface area contributed by atoms with Gasteiger partial charge in [-0.1, -0.05) is 59.1 Å². The van der Waals surface area contributed by atoms with Crippen molar-refractivity contribution >= 4 is 34.8 Å². The molecule has 1 fully saturated rings. The molecule has 1 aromatic heterocycles. The molecular weight excluding hydrogens is 435 g/mol. The van der Waals surface area contributed by atoms with E-state index in [2.05, 4.69) is 10.00 Å². The number of hydrogen-bond donors (Lipinski definition) is 0. The molecule has 3 aromatic rings. The van der Waals surface area contributed by atoms with Crippen LogP contribution in [0.4, 0.5) is 5.69 Å². The van der Waals surface area contributed by atoms with Crippen molar-refractivity contribution in [2.75, 3.05) is 31.1 Å². The van der Waals surface area contributed by atoms with Gasteiger partial charge in [-0.15, -0.1) is 0 Å². The van der Waals surface area contributed by atoms with Crippen LogP contribution in [0.15, 0.2) is 59.4 Å². The Hall–Kier alpha value is -2.83. The van der Waals surface area contributed by atoms with E-state index in [4.69, 9.17) is 23.2 Å². The first kappa shape index (κ1) is 21.4. The number of piperazine rings is 1. The molecule has 1 saturated heterocycles. The quantitative estimate of drug-likeness (QED) is 0.597. The van der Waals surface area contributed by atoms with Crippen LogP contribution >= 0.6 is 23.2 Å². The molecular formula is C23H22Cl2N4O2. The lowest BCUT2D eigenvalue weighted by Crippen LogP contribution is -2.50. The Bertz CT molecular complexity index is 1150. The molecule has 160 valence electrons. The molecule has 31 heavy (non-hydrogen) atoms. The number of nitrogens with zero attached hydrogens (tertiary/aromatic N) is 4. The van der Waals surface area contributed by atoms with Crippen molar-refractivity contribution in [2.24, 2.45) is 0 Å². The highest BCUT2D eigenvalue weighted by Crippen LogP contribution is 2.32. The van der Waals surface area contributed by atoms with Gasteiger partial charge in [0.05, 0.1) is 21.4 Å². The van der Waals surface area contributed by atoms with Gasteiger partial charge in [0.1, 0.15) is 6.54 Å². The van der Waals surface area contributed by atoms with E-state index >= 15 is 0 Å². The van der Waals surface area contributed by atoms with E-state index in [1.807, 2.05) is 43.3 Å². The number of amides is 1. The van der Waals surface area contributed by atoms with E-state index in [9.17, 15) is 9.59 Å². The van der Waals surface area contributed by atoms with Crippen molar-refractivity contribution in [2.45, 2.75) is 13.5 Å². The monoisotopic (exact) mass is 456 g/mol. The summed E-state index contributed by atoms with van der Waals surface area (Å²) >= 11 is 12.4. The van der Waals surface area contributed by atoms with E-state index in [1.54, 1.807) is 17.0 Å². The Morgan fingerprint density at radius 1 is 0.968 bits per heavy atom. The normalized spacial score (nSPS) is 14.0. The van der Waals surface area contributed by atoms with Gasteiger partial charge < -0.3 is 9.80 Å². The van der Waals surface area contributed by atoms with Crippen LogP contribution in [0, 0.1) is 6.92 Å². The average molecular weight is 457 g/mol. The van der Waals surface area contributed by atoms with Crippen LogP contribution in [0.5, 0.6) is 0 Å². The molecule has 6 nitrogen and oxygen atoms in total. The lowest BCUT2D eigenvalue weighted by Gasteiger charge is -2.36. The zero-order valence-electron chi connectivity index (χ0n) is 17.1. The molecule has 0 bridgehead atoms. The third-order valence-electron chi connectivity index (χ3n) is 5.40. The van der Waals surface area contributed by atoms with Crippen molar-refractivity contribution < 1.29 is 4.79 Å². The van der Waals surface area contributed by atoms with E-state index in [0.29, 0.717) is 41.9 Å². The van der Waals surface area contributed by atoms with E-state index < -0.39 is 0 Å². The summed E-state index contributed by atoms with van der Waals surface area (Å²) in [5.41, 5.74) is 3.27. The summed E-state index contributed by atoms with van der Waals surface area (Å²) in [5, 5.41) is 5.44. The summed E-state index contributed by atoms with van der Waals surface area (Å²) in [4.78, 5) is 29.0. The van der Waals surface area contributed by atoms with Crippen LogP contribution in [0.2, 0.25) is 10.0 Å². The van der Waals surface area contributed by atoms with Crippen molar-refractivity contribution in [1.82, 2.24) is 14.7 Å².